The first-order valence-corrected chi connectivity index (χ1v) is 7.81. The molecule has 0 aromatic heterocycles. The van der Waals surface area contributed by atoms with E-state index in [0.717, 1.165) is 22.7 Å². The molecular weight excluding hydrogens is 337 g/mol. The van der Waals surface area contributed by atoms with E-state index >= 15 is 0 Å². The zero-order chi connectivity index (χ0) is 18.8. The molecule has 0 atom stereocenters. The van der Waals surface area contributed by atoms with Gasteiger partial charge in [0.2, 0.25) is 0 Å². The summed E-state index contributed by atoms with van der Waals surface area (Å²) in [5, 5.41) is 2.13. The molecule has 4 amide bonds. The molecular formula is C19H16FN3O3. The highest BCUT2D eigenvalue weighted by Gasteiger charge is 2.36. The first-order valence-electron chi connectivity index (χ1n) is 7.81. The largest absolute Gasteiger partial charge is 0.378 e. The Morgan fingerprint density at radius 2 is 1.58 bits per heavy atom. The number of carbonyl (C=O) groups excluding carboxylic acids is 3. The summed E-state index contributed by atoms with van der Waals surface area (Å²) in [5.74, 6) is -2.02. The van der Waals surface area contributed by atoms with E-state index in [0.29, 0.717) is 5.56 Å². The Morgan fingerprint density at radius 3 is 2.15 bits per heavy atom. The van der Waals surface area contributed by atoms with E-state index in [4.69, 9.17) is 0 Å². The number of hydrogen-bond acceptors (Lipinski definition) is 4. The number of urea groups is 1. The standard InChI is InChI=1S/C19H16FN3O3/c1-22(2)14-7-3-12(4-8-14)11-16-17(24)21-19(26)23(18(16)25)15-9-5-13(20)6-10-15/h3-11H,1-2H3,(H,21,24,26). The second kappa shape index (κ2) is 6.79. The van der Waals surface area contributed by atoms with Crippen LogP contribution in [0.15, 0.2) is 54.1 Å². The van der Waals surface area contributed by atoms with Crippen LogP contribution in [0.1, 0.15) is 5.56 Å². The molecule has 1 N–H and O–H groups in total. The van der Waals surface area contributed by atoms with Crippen LogP contribution in [-0.4, -0.2) is 31.9 Å². The first-order chi connectivity index (χ1) is 12.4. The van der Waals surface area contributed by atoms with Crippen molar-refractivity contribution in [2.45, 2.75) is 0 Å². The van der Waals surface area contributed by atoms with Crippen LogP contribution in [0.25, 0.3) is 6.08 Å². The summed E-state index contributed by atoms with van der Waals surface area (Å²) >= 11 is 0. The molecule has 2 aromatic rings. The predicted octanol–water partition coefficient (Wildman–Crippen LogP) is 2.56. The summed E-state index contributed by atoms with van der Waals surface area (Å²) in [6.45, 7) is 0. The maximum absolute atomic E-state index is 13.1. The van der Waals surface area contributed by atoms with Crippen LogP contribution in [0.3, 0.4) is 0 Å². The minimum absolute atomic E-state index is 0.175. The SMILES string of the molecule is CN(C)c1ccc(C=C2C(=O)NC(=O)N(c3ccc(F)cc3)C2=O)cc1. The van der Waals surface area contributed by atoms with Gasteiger partial charge >= 0.3 is 6.03 Å². The van der Waals surface area contributed by atoms with Crippen LogP contribution < -0.4 is 15.1 Å². The molecule has 1 heterocycles. The molecule has 0 spiro atoms. The Balaban J connectivity index is 1.95. The van der Waals surface area contributed by atoms with Crippen molar-refractivity contribution < 1.29 is 18.8 Å². The molecule has 1 saturated heterocycles. The van der Waals surface area contributed by atoms with Gasteiger partial charge in [-0.3, -0.25) is 14.9 Å². The van der Waals surface area contributed by atoms with Gasteiger partial charge in [0.1, 0.15) is 11.4 Å². The summed E-state index contributed by atoms with van der Waals surface area (Å²) in [6.07, 6.45) is 1.42. The molecule has 0 aliphatic carbocycles. The van der Waals surface area contributed by atoms with E-state index in [1.165, 1.54) is 18.2 Å². The third-order valence-corrected chi connectivity index (χ3v) is 3.91. The van der Waals surface area contributed by atoms with Crippen LogP contribution in [-0.2, 0) is 9.59 Å². The van der Waals surface area contributed by atoms with E-state index in [-0.39, 0.29) is 11.3 Å². The maximum atomic E-state index is 13.1. The van der Waals surface area contributed by atoms with E-state index in [1.54, 1.807) is 12.1 Å². The minimum atomic E-state index is -0.869. The number of nitrogens with one attached hydrogen (secondary N) is 1. The molecule has 3 rings (SSSR count). The number of barbiturate groups is 1. The lowest BCUT2D eigenvalue weighted by Gasteiger charge is -2.26. The second-order valence-corrected chi connectivity index (χ2v) is 5.92. The molecule has 0 unspecified atom stereocenters. The van der Waals surface area contributed by atoms with Gasteiger partial charge in [-0.15, -0.1) is 0 Å². The van der Waals surface area contributed by atoms with E-state index in [2.05, 4.69) is 5.32 Å². The van der Waals surface area contributed by atoms with Gasteiger partial charge in [0.15, 0.2) is 0 Å². The number of rotatable bonds is 3. The first kappa shape index (κ1) is 17.3. The zero-order valence-corrected chi connectivity index (χ0v) is 14.2. The molecule has 0 radical (unpaired) electrons. The van der Waals surface area contributed by atoms with Crippen LogP contribution in [0, 0.1) is 5.82 Å². The smallest absolute Gasteiger partial charge is 0.335 e. The lowest BCUT2D eigenvalue weighted by molar-refractivity contribution is -0.122. The monoisotopic (exact) mass is 353 g/mol. The number of benzene rings is 2. The highest BCUT2D eigenvalue weighted by atomic mass is 19.1. The maximum Gasteiger partial charge on any atom is 0.335 e. The fourth-order valence-electron chi connectivity index (χ4n) is 2.52. The molecule has 2 aromatic carbocycles. The molecule has 1 fully saturated rings. The van der Waals surface area contributed by atoms with Crippen molar-refractivity contribution >= 4 is 35.3 Å². The third kappa shape index (κ3) is 3.32. The fraction of sp³-hybridized carbons (Fsp3) is 0.105. The van der Waals surface area contributed by atoms with E-state index < -0.39 is 23.7 Å². The van der Waals surface area contributed by atoms with Crippen LogP contribution in [0.5, 0.6) is 0 Å². The molecule has 1 aliphatic rings. The predicted molar refractivity (Wildman–Crippen MR) is 96.2 cm³/mol. The quantitative estimate of drug-likeness (QED) is 0.680. The Morgan fingerprint density at radius 1 is 0.962 bits per heavy atom. The topological polar surface area (TPSA) is 69.7 Å². The number of nitrogens with zero attached hydrogens (tertiary/aromatic N) is 2. The third-order valence-electron chi connectivity index (χ3n) is 3.91. The lowest BCUT2D eigenvalue weighted by atomic mass is 10.1. The van der Waals surface area contributed by atoms with Crippen molar-refractivity contribution in [3.05, 3.63) is 65.5 Å². The van der Waals surface area contributed by atoms with Gasteiger partial charge < -0.3 is 4.90 Å². The molecule has 132 valence electrons. The van der Waals surface area contributed by atoms with Gasteiger partial charge in [-0.1, -0.05) is 12.1 Å². The highest BCUT2D eigenvalue weighted by molar-refractivity contribution is 6.39. The van der Waals surface area contributed by atoms with Gasteiger partial charge in [0.25, 0.3) is 11.8 Å². The molecule has 6 nitrogen and oxygen atoms in total. The van der Waals surface area contributed by atoms with E-state index in [1.807, 2.05) is 31.1 Å². The Bertz CT molecular complexity index is 903. The number of carbonyl (C=O) groups is 3. The number of amides is 4. The minimum Gasteiger partial charge on any atom is -0.378 e. The van der Waals surface area contributed by atoms with Gasteiger partial charge in [0, 0.05) is 19.8 Å². The van der Waals surface area contributed by atoms with Crippen molar-refractivity contribution in [3.63, 3.8) is 0 Å². The van der Waals surface area contributed by atoms with Crippen molar-refractivity contribution in [3.8, 4) is 0 Å². The van der Waals surface area contributed by atoms with Gasteiger partial charge in [-0.25, -0.2) is 14.1 Å². The number of anilines is 2. The van der Waals surface area contributed by atoms with Crippen molar-refractivity contribution in [2.75, 3.05) is 23.9 Å². The number of halogens is 1. The average molecular weight is 353 g/mol. The summed E-state index contributed by atoms with van der Waals surface area (Å²) < 4.78 is 13.1. The van der Waals surface area contributed by atoms with Crippen molar-refractivity contribution in [2.24, 2.45) is 0 Å². The average Bonchev–Trinajstić information content (AvgIpc) is 2.60. The molecule has 26 heavy (non-hydrogen) atoms. The summed E-state index contributed by atoms with van der Waals surface area (Å²) in [5.41, 5.74) is 1.61. The van der Waals surface area contributed by atoms with Crippen LogP contribution >= 0.6 is 0 Å². The molecule has 0 saturated carbocycles. The Kier molecular flexibility index (Phi) is 4.53. The molecule has 7 heteroatoms. The summed E-state index contributed by atoms with van der Waals surface area (Å²) in [6, 6.07) is 11.2. The number of imide groups is 2. The van der Waals surface area contributed by atoms with Crippen LogP contribution in [0.2, 0.25) is 0 Å². The van der Waals surface area contributed by atoms with E-state index in [9.17, 15) is 18.8 Å². The zero-order valence-electron chi connectivity index (χ0n) is 14.2. The number of hydrogen-bond donors (Lipinski definition) is 1. The van der Waals surface area contributed by atoms with Crippen LogP contribution in [0.4, 0.5) is 20.6 Å². The molecule has 1 aliphatic heterocycles. The Hall–Kier alpha value is -3.48. The van der Waals surface area contributed by atoms with Crippen molar-refractivity contribution in [1.29, 1.82) is 0 Å². The lowest BCUT2D eigenvalue weighted by Crippen LogP contribution is -2.54. The summed E-state index contributed by atoms with van der Waals surface area (Å²) in [4.78, 5) is 39.6. The second-order valence-electron chi connectivity index (χ2n) is 5.92. The summed E-state index contributed by atoms with van der Waals surface area (Å²) in [7, 11) is 3.80. The fourth-order valence-corrected chi connectivity index (χ4v) is 2.52. The van der Waals surface area contributed by atoms with Crippen molar-refractivity contribution in [1.82, 2.24) is 5.32 Å². The molecule has 0 bridgehead atoms. The van der Waals surface area contributed by atoms with Gasteiger partial charge in [-0.2, -0.15) is 0 Å². The van der Waals surface area contributed by atoms with Gasteiger partial charge in [0.05, 0.1) is 5.69 Å². The Labute approximate surface area is 149 Å². The van der Waals surface area contributed by atoms with Gasteiger partial charge in [-0.05, 0) is 48.0 Å². The highest BCUT2D eigenvalue weighted by Crippen LogP contribution is 2.22. The normalized spacial score (nSPS) is 16.0.